The Bertz CT molecular complexity index is 843. The Labute approximate surface area is 167 Å². The van der Waals surface area contributed by atoms with Gasteiger partial charge in [-0.05, 0) is 55.0 Å². The monoisotopic (exact) mass is 379 g/mol. The van der Waals surface area contributed by atoms with E-state index >= 15 is 0 Å². The Morgan fingerprint density at radius 3 is 2.54 bits per heavy atom. The Morgan fingerprint density at radius 2 is 1.82 bits per heavy atom. The molecule has 0 aromatic heterocycles. The summed E-state index contributed by atoms with van der Waals surface area (Å²) in [6, 6.07) is 13.6. The summed E-state index contributed by atoms with van der Waals surface area (Å²) in [7, 11) is 0. The van der Waals surface area contributed by atoms with E-state index in [4.69, 9.17) is 0 Å². The van der Waals surface area contributed by atoms with E-state index in [1.54, 1.807) is 0 Å². The first kappa shape index (κ1) is 19.9. The van der Waals surface area contributed by atoms with Crippen molar-refractivity contribution >= 4 is 17.6 Å². The van der Waals surface area contributed by atoms with Crippen molar-refractivity contribution in [2.45, 2.75) is 40.2 Å². The minimum Gasteiger partial charge on any atom is -0.338 e. The van der Waals surface area contributed by atoms with E-state index in [0.717, 1.165) is 29.7 Å². The molecule has 1 aliphatic rings. The predicted octanol–water partition coefficient (Wildman–Crippen LogP) is 4.04. The van der Waals surface area contributed by atoms with E-state index in [9.17, 15) is 9.59 Å². The van der Waals surface area contributed by atoms with Gasteiger partial charge in [0.15, 0.2) is 0 Å². The number of fused-ring (bicyclic) bond motifs is 1. The number of carbonyl (C=O) groups excluding carboxylic acids is 2. The highest BCUT2D eigenvalue weighted by atomic mass is 16.2. The molecule has 2 aromatic rings. The Hall–Kier alpha value is -2.82. The van der Waals surface area contributed by atoms with E-state index in [2.05, 4.69) is 30.5 Å². The van der Waals surface area contributed by atoms with Crippen molar-refractivity contribution in [3.8, 4) is 0 Å². The van der Waals surface area contributed by atoms with Crippen LogP contribution in [-0.4, -0.2) is 25.0 Å². The minimum absolute atomic E-state index is 0.0234. The standard InChI is InChI=1S/C23H29N3O2/c1-16(2)10-12-24-23(28)25-15-18-6-9-19-11-13-26(21(19)14-18)22(27)20-7-4-17(3)5-8-20/h4-9,14,16H,10-13,15H2,1-3H3,(H2,24,25,28). The molecule has 0 fully saturated rings. The van der Waals surface area contributed by atoms with Crippen molar-refractivity contribution in [3.05, 3.63) is 64.7 Å². The lowest BCUT2D eigenvalue weighted by atomic mass is 10.1. The lowest BCUT2D eigenvalue weighted by Gasteiger charge is -2.18. The fourth-order valence-electron chi connectivity index (χ4n) is 3.32. The largest absolute Gasteiger partial charge is 0.338 e. The molecule has 148 valence electrons. The molecule has 0 bridgehead atoms. The highest BCUT2D eigenvalue weighted by Crippen LogP contribution is 2.30. The number of urea groups is 1. The van der Waals surface area contributed by atoms with Crippen LogP contribution in [0.25, 0.3) is 0 Å². The van der Waals surface area contributed by atoms with Crippen LogP contribution in [-0.2, 0) is 13.0 Å². The third-order valence-corrected chi connectivity index (χ3v) is 5.05. The number of benzene rings is 2. The van der Waals surface area contributed by atoms with Gasteiger partial charge in [0.2, 0.25) is 0 Å². The van der Waals surface area contributed by atoms with Gasteiger partial charge in [0, 0.05) is 30.9 Å². The molecule has 0 radical (unpaired) electrons. The van der Waals surface area contributed by atoms with E-state index < -0.39 is 0 Å². The molecule has 0 spiro atoms. The van der Waals surface area contributed by atoms with Gasteiger partial charge in [0.05, 0.1) is 0 Å². The maximum absolute atomic E-state index is 12.9. The number of carbonyl (C=O) groups is 2. The zero-order valence-electron chi connectivity index (χ0n) is 16.9. The Kier molecular flexibility index (Phi) is 6.34. The zero-order chi connectivity index (χ0) is 20.1. The summed E-state index contributed by atoms with van der Waals surface area (Å²) in [6.45, 7) is 8.08. The smallest absolute Gasteiger partial charge is 0.315 e. The molecule has 5 heteroatoms. The molecule has 0 saturated carbocycles. The first-order chi connectivity index (χ1) is 13.4. The van der Waals surface area contributed by atoms with Gasteiger partial charge in [0.1, 0.15) is 0 Å². The van der Waals surface area contributed by atoms with Gasteiger partial charge in [-0.15, -0.1) is 0 Å². The molecule has 2 aromatic carbocycles. The second kappa shape index (κ2) is 8.91. The normalized spacial score (nSPS) is 12.8. The van der Waals surface area contributed by atoms with Crippen molar-refractivity contribution < 1.29 is 9.59 Å². The molecule has 1 aliphatic heterocycles. The minimum atomic E-state index is -0.159. The van der Waals surface area contributed by atoms with Gasteiger partial charge < -0.3 is 15.5 Å². The van der Waals surface area contributed by atoms with Gasteiger partial charge in [-0.1, -0.05) is 43.7 Å². The third kappa shape index (κ3) is 4.91. The molecule has 3 rings (SSSR count). The summed E-state index contributed by atoms with van der Waals surface area (Å²) in [6.07, 6.45) is 1.82. The lowest BCUT2D eigenvalue weighted by molar-refractivity contribution is 0.0989. The second-order valence-electron chi connectivity index (χ2n) is 7.83. The van der Waals surface area contributed by atoms with E-state index in [0.29, 0.717) is 31.1 Å². The molecule has 28 heavy (non-hydrogen) atoms. The van der Waals surface area contributed by atoms with Crippen LogP contribution in [0.15, 0.2) is 42.5 Å². The number of rotatable bonds is 6. The van der Waals surface area contributed by atoms with Crippen LogP contribution in [0.2, 0.25) is 0 Å². The molecule has 0 aliphatic carbocycles. The molecule has 3 amide bonds. The summed E-state index contributed by atoms with van der Waals surface area (Å²) in [5.74, 6) is 0.587. The van der Waals surface area contributed by atoms with Crippen LogP contribution in [0, 0.1) is 12.8 Å². The summed E-state index contributed by atoms with van der Waals surface area (Å²) < 4.78 is 0. The van der Waals surface area contributed by atoms with Crippen LogP contribution in [0.3, 0.4) is 0 Å². The second-order valence-corrected chi connectivity index (χ2v) is 7.83. The van der Waals surface area contributed by atoms with Crippen LogP contribution in [0.4, 0.5) is 10.5 Å². The zero-order valence-corrected chi connectivity index (χ0v) is 16.9. The maximum Gasteiger partial charge on any atom is 0.315 e. The van der Waals surface area contributed by atoms with Gasteiger partial charge in [-0.25, -0.2) is 4.79 Å². The van der Waals surface area contributed by atoms with E-state index in [1.807, 2.05) is 48.2 Å². The molecule has 5 nitrogen and oxygen atoms in total. The molecule has 0 atom stereocenters. The molecular weight excluding hydrogens is 350 g/mol. The summed E-state index contributed by atoms with van der Waals surface area (Å²) in [5.41, 5.74) is 4.95. The maximum atomic E-state index is 12.9. The topological polar surface area (TPSA) is 61.4 Å². The van der Waals surface area contributed by atoms with Crippen molar-refractivity contribution in [1.82, 2.24) is 10.6 Å². The lowest BCUT2D eigenvalue weighted by Crippen LogP contribution is -2.36. The molecule has 0 unspecified atom stereocenters. The van der Waals surface area contributed by atoms with Crippen molar-refractivity contribution in [2.24, 2.45) is 5.92 Å². The fourth-order valence-corrected chi connectivity index (χ4v) is 3.32. The number of aryl methyl sites for hydroxylation is 1. The average Bonchev–Trinajstić information content (AvgIpc) is 3.09. The Morgan fingerprint density at radius 1 is 1.07 bits per heavy atom. The van der Waals surface area contributed by atoms with Crippen LogP contribution >= 0.6 is 0 Å². The number of hydrogen-bond acceptors (Lipinski definition) is 2. The first-order valence-electron chi connectivity index (χ1n) is 9.96. The van der Waals surface area contributed by atoms with Crippen molar-refractivity contribution in [3.63, 3.8) is 0 Å². The number of nitrogens with zero attached hydrogens (tertiary/aromatic N) is 1. The average molecular weight is 380 g/mol. The van der Waals surface area contributed by atoms with Crippen LogP contribution in [0.5, 0.6) is 0 Å². The van der Waals surface area contributed by atoms with Crippen LogP contribution < -0.4 is 15.5 Å². The van der Waals surface area contributed by atoms with Crippen molar-refractivity contribution in [2.75, 3.05) is 18.0 Å². The fraction of sp³-hybridized carbons (Fsp3) is 0.391. The molecular formula is C23H29N3O2. The van der Waals surface area contributed by atoms with Gasteiger partial charge in [0.25, 0.3) is 5.91 Å². The molecule has 0 saturated heterocycles. The van der Waals surface area contributed by atoms with Gasteiger partial charge >= 0.3 is 6.03 Å². The van der Waals surface area contributed by atoms with Crippen molar-refractivity contribution in [1.29, 1.82) is 0 Å². The van der Waals surface area contributed by atoms with Gasteiger partial charge in [-0.3, -0.25) is 4.79 Å². The number of hydrogen-bond donors (Lipinski definition) is 2. The number of amides is 3. The first-order valence-corrected chi connectivity index (χ1v) is 9.96. The third-order valence-electron chi connectivity index (χ3n) is 5.05. The van der Waals surface area contributed by atoms with Gasteiger partial charge in [-0.2, -0.15) is 0 Å². The molecule has 1 heterocycles. The highest BCUT2D eigenvalue weighted by Gasteiger charge is 2.25. The highest BCUT2D eigenvalue weighted by molar-refractivity contribution is 6.07. The quantitative estimate of drug-likeness (QED) is 0.796. The molecule has 2 N–H and O–H groups in total. The SMILES string of the molecule is Cc1ccc(C(=O)N2CCc3ccc(CNC(=O)NCCC(C)C)cc32)cc1. The van der Waals surface area contributed by atoms with Crippen LogP contribution in [0.1, 0.15) is 47.3 Å². The Balaban J connectivity index is 1.63. The summed E-state index contributed by atoms with van der Waals surface area (Å²) in [5, 5.41) is 5.77. The summed E-state index contributed by atoms with van der Waals surface area (Å²) in [4.78, 5) is 26.7. The predicted molar refractivity (Wildman–Crippen MR) is 113 cm³/mol. The van der Waals surface area contributed by atoms with E-state index in [-0.39, 0.29) is 11.9 Å². The van der Waals surface area contributed by atoms with E-state index in [1.165, 1.54) is 5.56 Å². The number of nitrogens with one attached hydrogen (secondary N) is 2. The number of anilines is 1. The summed E-state index contributed by atoms with van der Waals surface area (Å²) >= 11 is 0.